The van der Waals surface area contributed by atoms with Crippen LogP contribution in [-0.2, 0) is 0 Å². The van der Waals surface area contributed by atoms with E-state index in [9.17, 15) is 4.79 Å². The molecular formula is C15H24N4O2. The van der Waals surface area contributed by atoms with Gasteiger partial charge >= 0.3 is 0 Å². The Morgan fingerprint density at radius 3 is 2.62 bits per heavy atom. The summed E-state index contributed by atoms with van der Waals surface area (Å²) in [5.41, 5.74) is 6.23. The molecule has 6 nitrogen and oxygen atoms in total. The van der Waals surface area contributed by atoms with Crippen LogP contribution in [0.4, 0.5) is 0 Å². The fraction of sp³-hybridized carbons (Fsp3) is 0.533. The van der Waals surface area contributed by atoms with Gasteiger partial charge in [0, 0.05) is 17.8 Å². The van der Waals surface area contributed by atoms with Gasteiger partial charge in [-0.1, -0.05) is 31.8 Å². The third-order valence-electron chi connectivity index (χ3n) is 3.20. The molecule has 1 atom stereocenters. The Morgan fingerprint density at radius 1 is 1.38 bits per heavy atom. The Hall–Kier alpha value is -2.11. The third kappa shape index (κ3) is 5.81. The summed E-state index contributed by atoms with van der Waals surface area (Å²) in [5.74, 6) is 0.440. The Kier molecular flexibility index (Phi) is 6.65. The van der Waals surface area contributed by atoms with E-state index < -0.39 is 0 Å². The lowest BCUT2D eigenvalue weighted by Gasteiger charge is -2.14. The van der Waals surface area contributed by atoms with Crippen LogP contribution in [0.5, 0.6) is 0 Å². The lowest BCUT2D eigenvalue weighted by atomic mass is 10.0. The minimum Gasteiger partial charge on any atom is -0.409 e. The molecule has 1 aromatic rings. The molecule has 0 aliphatic rings. The van der Waals surface area contributed by atoms with Crippen molar-refractivity contribution in [3.63, 3.8) is 0 Å². The summed E-state index contributed by atoms with van der Waals surface area (Å²) in [6, 6.07) is 3.27. The van der Waals surface area contributed by atoms with Crippen LogP contribution < -0.4 is 11.1 Å². The van der Waals surface area contributed by atoms with Crippen LogP contribution >= 0.6 is 0 Å². The minimum absolute atomic E-state index is 0.0310. The second-order valence-corrected chi connectivity index (χ2v) is 5.62. The zero-order valence-corrected chi connectivity index (χ0v) is 12.8. The van der Waals surface area contributed by atoms with Crippen LogP contribution in [0.25, 0.3) is 0 Å². The van der Waals surface area contributed by atoms with Crippen LogP contribution in [0.1, 0.15) is 56.1 Å². The highest BCUT2D eigenvalue weighted by Gasteiger charge is 2.11. The zero-order valence-electron chi connectivity index (χ0n) is 12.8. The highest BCUT2D eigenvalue weighted by molar-refractivity contribution is 5.98. The number of amides is 1. The molecule has 0 radical (unpaired) electrons. The zero-order chi connectivity index (χ0) is 15.8. The van der Waals surface area contributed by atoms with Crippen molar-refractivity contribution in [1.29, 1.82) is 0 Å². The van der Waals surface area contributed by atoms with E-state index in [1.54, 1.807) is 12.1 Å². The highest BCUT2D eigenvalue weighted by atomic mass is 16.4. The molecule has 1 aromatic heterocycles. The molecule has 116 valence electrons. The predicted molar refractivity (Wildman–Crippen MR) is 82.4 cm³/mol. The number of nitrogens with one attached hydrogen (secondary N) is 1. The Labute approximate surface area is 125 Å². The van der Waals surface area contributed by atoms with Crippen molar-refractivity contribution in [1.82, 2.24) is 10.3 Å². The summed E-state index contributed by atoms with van der Waals surface area (Å²) >= 11 is 0. The average Bonchev–Trinajstić information content (AvgIpc) is 2.46. The van der Waals surface area contributed by atoms with Crippen molar-refractivity contribution in [2.75, 3.05) is 0 Å². The summed E-state index contributed by atoms with van der Waals surface area (Å²) in [6.07, 6.45) is 4.61. The summed E-state index contributed by atoms with van der Waals surface area (Å²) in [6.45, 7) is 6.37. The van der Waals surface area contributed by atoms with E-state index in [-0.39, 0.29) is 17.8 Å². The summed E-state index contributed by atoms with van der Waals surface area (Å²) in [5, 5.41) is 14.4. The van der Waals surface area contributed by atoms with Crippen molar-refractivity contribution >= 4 is 11.7 Å². The van der Waals surface area contributed by atoms with Gasteiger partial charge in [-0.15, -0.1) is 0 Å². The molecular weight excluding hydrogens is 268 g/mol. The van der Waals surface area contributed by atoms with Gasteiger partial charge in [-0.3, -0.25) is 9.78 Å². The summed E-state index contributed by atoms with van der Waals surface area (Å²) in [7, 11) is 0. The number of carbonyl (C=O) groups excluding carboxylic acids is 1. The van der Waals surface area contributed by atoms with E-state index in [0.717, 1.165) is 19.3 Å². The van der Waals surface area contributed by atoms with Crippen LogP contribution in [0.15, 0.2) is 23.5 Å². The molecule has 0 spiro atoms. The van der Waals surface area contributed by atoms with Gasteiger partial charge in [0.2, 0.25) is 0 Å². The van der Waals surface area contributed by atoms with Crippen molar-refractivity contribution < 1.29 is 10.0 Å². The maximum Gasteiger partial charge on any atom is 0.270 e. The van der Waals surface area contributed by atoms with Crippen molar-refractivity contribution in [2.24, 2.45) is 16.8 Å². The number of nitrogens with two attached hydrogens (primary N) is 1. The molecule has 1 unspecified atom stereocenters. The molecule has 0 saturated heterocycles. The first kappa shape index (κ1) is 16.9. The van der Waals surface area contributed by atoms with E-state index in [1.165, 1.54) is 6.20 Å². The maximum absolute atomic E-state index is 12.0. The molecule has 1 rings (SSSR count). The molecule has 4 N–H and O–H groups in total. The molecule has 6 heteroatoms. The smallest absolute Gasteiger partial charge is 0.270 e. The fourth-order valence-corrected chi connectivity index (χ4v) is 1.94. The molecule has 0 saturated carbocycles. The topological polar surface area (TPSA) is 101 Å². The van der Waals surface area contributed by atoms with E-state index in [1.807, 2.05) is 6.92 Å². The lowest BCUT2D eigenvalue weighted by Crippen LogP contribution is -2.33. The summed E-state index contributed by atoms with van der Waals surface area (Å²) in [4.78, 5) is 16.0. The quantitative estimate of drug-likeness (QED) is 0.310. The van der Waals surface area contributed by atoms with Crippen molar-refractivity contribution in [3.8, 4) is 0 Å². The number of carbonyl (C=O) groups is 1. The molecule has 0 fully saturated rings. The molecule has 0 aliphatic carbocycles. The molecule has 0 aliphatic heterocycles. The number of rotatable bonds is 7. The van der Waals surface area contributed by atoms with Gasteiger partial charge in [-0.2, -0.15) is 0 Å². The Balaban J connectivity index is 2.51. The van der Waals surface area contributed by atoms with Gasteiger partial charge in [0.05, 0.1) is 0 Å². The van der Waals surface area contributed by atoms with Gasteiger partial charge in [0.1, 0.15) is 5.69 Å². The number of amidine groups is 1. The van der Waals surface area contributed by atoms with Crippen LogP contribution in [0.2, 0.25) is 0 Å². The number of oxime groups is 1. The van der Waals surface area contributed by atoms with E-state index >= 15 is 0 Å². The van der Waals surface area contributed by atoms with Gasteiger partial charge < -0.3 is 16.3 Å². The monoisotopic (exact) mass is 292 g/mol. The van der Waals surface area contributed by atoms with Crippen molar-refractivity contribution in [2.45, 2.75) is 46.1 Å². The Morgan fingerprint density at radius 2 is 2.10 bits per heavy atom. The molecule has 1 amide bonds. The van der Waals surface area contributed by atoms with Gasteiger partial charge in [0.25, 0.3) is 5.91 Å². The first-order valence-corrected chi connectivity index (χ1v) is 7.18. The first-order chi connectivity index (χ1) is 9.93. The van der Waals surface area contributed by atoms with Gasteiger partial charge in [0.15, 0.2) is 5.84 Å². The van der Waals surface area contributed by atoms with E-state index in [2.05, 4.69) is 29.3 Å². The van der Waals surface area contributed by atoms with Gasteiger partial charge in [-0.25, -0.2) is 0 Å². The normalized spacial score (nSPS) is 13.2. The fourth-order valence-electron chi connectivity index (χ4n) is 1.94. The standard InChI is InChI=1S/C15H24N4O2/c1-10(2)5-4-6-11(3)18-15(20)13-8-7-12(9-17-13)14(16)19-21/h7-11,21H,4-6H2,1-3H3,(H2,16,19)(H,18,20). The predicted octanol–water partition coefficient (Wildman–Crippen LogP) is 2.12. The van der Waals surface area contributed by atoms with Crippen LogP contribution in [-0.4, -0.2) is 28.0 Å². The lowest BCUT2D eigenvalue weighted by molar-refractivity contribution is 0.0932. The molecule has 0 aromatic carbocycles. The first-order valence-electron chi connectivity index (χ1n) is 7.18. The van der Waals surface area contributed by atoms with Crippen LogP contribution in [0, 0.1) is 5.92 Å². The maximum atomic E-state index is 12.0. The largest absolute Gasteiger partial charge is 0.409 e. The summed E-state index contributed by atoms with van der Waals surface area (Å²) < 4.78 is 0. The average molecular weight is 292 g/mol. The second kappa shape index (κ2) is 8.24. The molecule has 0 bridgehead atoms. The van der Waals surface area contributed by atoms with E-state index in [4.69, 9.17) is 10.9 Å². The Bertz CT molecular complexity index is 483. The minimum atomic E-state index is -0.210. The van der Waals surface area contributed by atoms with E-state index in [0.29, 0.717) is 17.2 Å². The molecule has 21 heavy (non-hydrogen) atoms. The molecule has 1 heterocycles. The van der Waals surface area contributed by atoms with Gasteiger partial charge in [-0.05, 0) is 31.4 Å². The number of hydrogen-bond acceptors (Lipinski definition) is 4. The number of pyridine rings is 1. The second-order valence-electron chi connectivity index (χ2n) is 5.62. The highest BCUT2D eigenvalue weighted by Crippen LogP contribution is 2.09. The number of hydrogen-bond donors (Lipinski definition) is 3. The van der Waals surface area contributed by atoms with Crippen molar-refractivity contribution in [3.05, 3.63) is 29.6 Å². The SMILES string of the molecule is CC(C)CCCC(C)NC(=O)c1ccc(C(N)=NO)cn1. The van der Waals surface area contributed by atoms with Crippen LogP contribution in [0.3, 0.4) is 0 Å². The number of nitrogens with zero attached hydrogens (tertiary/aromatic N) is 2. The number of aromatic nitrogens is 1. The third-order valence-corrected chi connectivity index (χ3v) is 3.20.